The Morgan fingerprint density at radius 2 is 2.12 bits per heavy atom. The fourth-order valence-electron chi connectivity index (χ4n) is 2.00. The van der Waals surface area contributed by atoms with Gasteiger partial charge in [-0.05, 0) is 30.5 Å². The molecule has 0 unspecified atom stereocenters. The van der Waals surface area contributed by atoms with Crippen LogP contribution in [0.5, 0.6) is 5.75 Å². The summed E-state index contributed by atoms with van der Waals surface area (Å²) in [5.74, 6) is -0.709. The molecule has 7 heteroatoms. The number of carbonyl (C=O) groups excluding carboxylic acids is 2. The van der Waals surface area contributed by atoms with Crippen LogP contribution in [0, 0.1) is 5.82 Å². The first-order valence-corrected chi connectivity index (χ1v) is 8.41. The molecule has 0 fully saturated rings. The van der Waals surface area contributed by atoms with E-state index in [0.717, 1.165) is 4.88 Å². The summed E-state index contributed by atoms with van der Waals surface area (Å²) in [7, 11) is 0. The highest BCUT2D eigenvalue weighted by atomic mass is 32.1. The molecule has 0 spiro atoms. The first kappa shape index (κ1) is 17.9. The number of likely N-dealkylation sites (N-methyl/N-ethyl adjacent to an activating group) is 1. The summed E-state index contributed by atoms with van der Waals surface area (Å²) < 4.78 is 18.3. The van der Waals surface area contributed by atoms with Crippen molar-refractivity contribution in [2.24, 2.45) is 0 Å². The van der Waals surface area contributed by atoms with Crippen molar-refractivity contribution in [3.8, 4) is 5.75 Å². The van der Waals surface area contributed by atoms with Crippen LogP contribution in [0.25, 0.3) is 0 Å². The lowest BCUT2D eigenvalue weighted by molar-refractivity contribution is -0.137. The molecule has 5 nitrogen and oxygen atoms in total. The largest absolute Gasteiger partial charge is 0.484 e. The van der Waals surface area contributed by atoms with Gasteiger partial charge in [0.15, 0.2) is 6.61 Å². The second kappa shape index (κ2) is 9.02. The molecule has 0 aliphatic rings. The van der Waals surface area contributed by atoms with Crippen LogP contribution in [0.4, 0.5) is 4.39 Å². The minimum Gasteiger partial charge on any atom is -0.484 e. The van der Waals surface area contributed by atoms with Crippen LogP contribution in [0.1, 0.15) is 11.8 Å². The smallest absolute Gasteiger partial charge is 0.260 e. The molecule has 1 N–H and O–H groups in total. The van der Waals surface area contributed by atoms with Crippen LogP contribution in [-0.2, 0) is 16.1 Å². The molecule has 2 rings (SSSR count). The zero-order valence-electron chi connectivity index (χ0n) is 13.3. The van der Waals surface area contributed by atoms with E-state index in [1.807, 2.05) is 17.5 Å². The summed E-state index contributed by atoms with van der Waals surface area (Å²) >= 11 is 1.56. The molecule has 128 valence electrons. The van der Waals surface area contributed by atoms with E-state index in [1.165, 1.54) is 23.1 Å². The van der Waals surface area contributed by atoms with Gasteiger partial charge in [-0.15, -0.1) is 11.3 Å². The van der Waals surface area contributed by atoms with Gasteiger partial charge in [-0.1, -0.05) is 12.1 Å². The summed E-state index contributed by atoms with van der Waals surface area (Å²) in [6, 6.07) is 9.42. The van der Waals surface area contributed by atoms with Gasteiger partial charge in [-0.2, -0.15) is 0 Å². The van der Waals surface area contributed by atoms with Crippen molar-refractivity contribution in [3.05, 3.63) is 52.5 Å². The fraction of sp³-hybridized carbons (Fsp3) is 0.294. The summed E-state index contributed by atoms with van der Waals surface area (Å²) in [6.07, 6.45) is 0. The Morgan fingerprint density at radius 1 is 1.29 bits per heavy atom. The van der Waals surface area contributed by atoms with Gasteiger partial charge in [-0.25, -0.2) is 4.39 Å². The molecule has 0 radical (unpaired) electrons. The lowest BCUT2D eigenvalue weighted by Crippen LogP contribution is -2.42. The summed E-state index contributed by atoms with van der Waals surface area (Å²) in [5.41, 5.74) is 0. The normalized spacial score (nSPS) is 10.2. The summed E-state index contributed by atoms with van der Waals surface area (Å²) in [5, 5.41) is 4.71. The average molecular weight is 350 g/mol. The first-order valence-electron chi connectivity index (χ1n) is 7.53. The number of thiophene rings is 1. The molecule has 2 aromatic rings. The lowest BCUT2D eigenvalue weighted by atomic mass is 10.3. The first-order chi connectivity index (χ1) is 11.6. The van der Waals surface area contributed by atoms with Gasteiger partial charge in [0, 0.05) is 17.5 Å². The number of nitrogens with zero attached hydrogens (tertiary/aromatic N) is 1. The molecule has 0 saturated heterocycles. The van der Waals surface area contributed by atoms with E-state index in [9.17, 15) is 14.0 Å². The number of hydrogen-bond acceptors (Lipinski definition) is 4. The fourth-order valence-corrected chi connectivity index (χ4v) is 2.64. The van der Waals surface area contributed by atoms with Crippen molar-refractivity contribution in [1.29, 1.82) is 0 Å². The van der Waals surface area contributed by atoms with Crippen molar-refractivity contribution in [3.63, 3.8) is 0 Å². The molecule has 24 heavy (non-hydrogen) atoms. The number of ether oxygens (including phenoxy) is 1. The molecular formula is C17H19FN2O3S. The van der Waals surface area contributed by atoms with Gasteiger partial charge in [0.25, 0.3) is 5.91 Å². The third-order valence-electron chi connectivity index (χ3n) is 3.27. The van der Waals surface area contributed by atoms with Gasteiger partial charge >= 0.3 is 0 Å². The monoisotopic (exact) mass is 350 g/mol. The number of halogens is 1. The molecular weight excluding hydrogens is 331 g/mol. The van der Waals surface area contributed by atoms with Crippen molar-refractivity contribution < 1.29 is 18.7 Å². The summed E-state index contributed by atoms with van der Waals surface area (Å²) in [6.45, 7) is 2.34. The minimum atomic E-state index is -0.430. The Kier molecular flexibility index (Phi) is 6.74. The Hall–Kier alpha value is -2.41. The van der Waals surface area contributed by atoms with Gasteiger partial charge in [0.05, 0.1) is 13.1 Å². The van der Waals surface area contributed by atoms with E-state index in [0.29, 0.717) is 13.1 Å². The van der Waals surface area contributed by atoms with E-state index >= 15 is 0 Å². The predicted octanol–water partition coefficient (Wildman–Crippen LogP) is 2.43. The predicted molar refractivity (Wildman–Crippen MR) is 90.3 cm³/mol. The lowest BCUT2D eigenvalue weighted by Gasteiger charge is -2.20. The molecule has 1 aromatic carbocycles. The van der Waals surface area contributed by atoms with Crippen LogP contribution in [-0.4, -0.2) is 36.4 Å². The van der Waals surface area contributed by atoms with Crippen molar-refractivity contribution in [1.82, 2.24) is 10.2 Å². The SMILES string of the molecule is CCN(CC(=O)NCc1cccs1)C(=O)COc1cccc(F)c1. The standard InChI is InChI=1S/C17H19FN2O3S/c1-2-20(11-16(21)19-10-15-7-4-8-24-15)17(22)12-23-14-6-3-5-13(18)9-14/h3-9H,2,10-12H2,1H3,(H,19,21). The molecule has 0 saturated carbocycles. The average Bonchev–Trinajstić information content (AvgIpc) is 3.09. The third kappa shape index (κ3) is 5.66. The van der Waals surface area contributed by atoms with E-state index in [2.05, 4.69) is 5.32 Å². The number of carbonyl (C=O) groups is 2. The van der Waals surface area contributed by atoms with Gasteiger partial charge in [0.2, 0.25) is 5.91 Å². The molecule has 0 atom stereocenters. The maximum absolute atomic E-state index is 13.1. The van der Waals surface area contributed by atoms with E-state index in [1.54, 1.807) is 24.3 Å². The van der Waals surface area contributed by atoms with Crippen molar-refractivity contribution >= 4 is 23.2 Å². The Bertz CT molecular complexity index is 676. The van der Waals surface area contributed by atoms with Crippen molar-refractivity contribution in [2.45, 2.75) is 13.5 Å². The van der Waals surface area contributed by atoms with Crippen LogP contribution in [0.15, 0.2) is 41.8 Å². The number of amides is 2. The topological polar surface area (TPSA) is 58.6 Å². The van der Waals surface area contributed by atoms with Gasteiger partial charge in [0.1, 0.15) is 11.6 Å². The summed E-state index contributed by atoms with van der Waals surface area (Å²) in [4.78, 5) is 26.5. The van der Waals surface area contributed by atoms with E-state index in [-0.39, 0.29) is 30.7 Å². The zero-order valence-corrected chi connectivity index (χ0v) is 14.1. The Morgan fingerprint density at radius 3 is 2.79 bits per heavy atom. The molecule has 0 aliphatic carbocycles. The number of rotatable bonds is 8. The maximum Gasteiger partial charge on any atom is 0.260 e. The number of nitrogens with one attached hydrogen (secondary N) is 1. The molecule has 0 bridgehead atoms. The third-order valence-corrected chi connectivity index (χ3v) is 4.14. The Labute approximate surface area is 144 Å². The quantitative estimate of drug-likeness (QED) is 0.795. The van der Waals surface area contributed by atoms with Gasteiger partial charge in [-0.3, -0.25) is 9.59 Å². The van der Waals surface area contributed by atoms with Crippen LogP contribution in [0.2, 0.25) is 0 Å². The van der Waals surface area contributed by atoms with Crippen LogP contribution < -0.4 is 10.1 Å². The highest BCUT2D eigenvalue weighted by Gasteiger charge is 2.16. The van der Waals surface area contributed by atoms with Gasteiger partial charge < -0.3 is 15.0 Å². The molecule has 1 heterocycles. The van der Waals surface area contributed by atoms with Crippen LogP contribution >= 0.6 is 11.3 Å². The Balaban J connectivity index is 1.78. The molecule has 2 amide bonds. The maximum atomic E-state index is 13.1. The molecule has 1 aromatic heterocycles. The molecule has 0 aliphatic heterocycles. The second-order valence-corrected chi connectivity index (χ2v) is 6.04. The highest BCUT2D eigenvalue weighted by molar-refractivity contribution is 7.09. The minimum absolute atomic E-state index is 0.0345. The van der Waals surface area contributed by atoms with Crippen molar-refractivity contribution in [2.75, 3.05) is 19.7 Å². The zero-order chi connectivity index (χ0) is 17.4. The van der Waals surface area contributed by atoms with E-state index < -0.39 is 5.82 Å². The van der Waals surface area contributed by atoms with E-state index in [4.69, 9.17) is 4.74 Å². The highest BCUT2D eigenvalue weighted by Crippen LogP contribution is 2.12. The van der Waals surface area contributed by atoms with Crippen LogP contribution in [0.3, 0.4) is 0 Å². The second-order valence-electron chi connectivity index (χ2n) is 5.01. The number of hydrogen-bond donors (Lipinski definition) is 1. The number of benzene rings is 1.